The Morgan fingerprint density at radius 1 is 0.521 bits per heavy atom. The average Bonchev–Trinajstić information content (AvgIpc) is 3.63. The molecule has 7 aromatic rings. The molecular formula is C43H37N2O3+. The summed E-state index contributed by atoms with van der Waals surface area (Å²) >= 11 is 0. The van der Waals surface area contributed by atoms with Gasteiger partial charge in [-0.05, 0) is 11.1 Å². The lowest BCUT2D eigenvalue weighted by atomic mass is 9.86. The lowest BCUT2D eigenvalue weighted by molar-refractivity contribution is -0.704. The van der Waals surface area contributed by atoms with Crippen molar-refractivity contribution in [3.05, 3.63) is 234 Å². The number of nitrogens with zero attached hydrogens (tertiary/aromatic N) is 2. The Morgan fingerprint density at radius 2 is 0.854 bits per heavy atom. The maximum absolute atomic E-state index is 11.4. The number of aliphatic hydroxyl groups is 1. The molecule has 7 rings (SSSR count). The quantitative estimate of drug-likeness (QED) is 0.159. The topological polar surface area (TPSA) is 66.3 Å². The summed E-state index contributed by atoms with van der Waals surface area (Å²) in [6, 6.07) is 59.8. The Bertz CT molecular complexity index is 1780. The predicted molar refractivity (Wildman–Crippen MR) is 188 cm³/mol. The van der Waals surface area contributed by atoms with Crippen molar-refractivity contribution in [1.29, 1.82) is 0 Å². The van der Waals surface area contributed by atoms with Crippen molar-refractivity contribution >= 4 is 5.97 Å². The van der Waals surface area contributed by atoms with Crippen molar-refractivity contribution in [2.45, 2.75) is 17.7 Å². The minimum absolute atomic E-state index is 0.121. The standard InChI is InChI=1S/C29H25N2.C14H12O3/c1-5-13-24(14-6-1)28(25-15-7-2-8-16-25)30-21-22-31(23-30)29(26-17-9-3-10-18-26)27-19-11-4-12-20-27;15-13(16)14(17,11-7-3-1-4-8-11)12-9-5-2-6-10-12/h1-23,28-29H;1-10,17H,(H,15,16)/q+1;. The van der Waals surface area contributed by atoms with Gasteiger partial charge in [0.25, 0.3) is 0 Å². The molecule has 0 aliphatic heterocycles. The largest absolute Gasteiger partial charge is 0.479 e. The first-order valence-corrected chi connectivity index (χ1v) is 15.9. The lowest BCUT2D eigenvalue weighted by Crippen LogP contribution is -2.39. The highest BCUT2D eigenvalue weighted by Gasteiger charge is 2.39. The number of benzene rings is 6. The summed E-state index contributed by atoms with van der Waals surface area (Å²) in [7, 11) is 0. The van der Waals surface area contributed by atoms with E-state index >= 15 is 0 Å². The third-order valence-electron chi connectivity index (χ3n) is 8.43. The van der Waals surface area contributed by atoms with Crippen LogP contribution >= 0.6 is 0 Å². The molecule has 2 N–H and O–H groups in total. The molecule has 48 heavy (non-hydrogen) atoms. The number of carboxylic acids is 1. The first-order chi connectivity index (χ1) is 23.6. The van der Waals surface area contributed by atoms with Gasteiger partial charge in [-0.1, -0.05) is 182 Å². The van der Waals surface area contributed by atoms with Gasteiger partial charge in [-0.3, -0.25) is 0 Å². The molecule has 236 valence electrons. The van der Waals surface area contributed by atoms with E-state index in [0.717, 1.165) is 0 Å². The maximum Gasteiger partial charge on any atom is 0.345 e. The van der Waals surface area contributed by atoms with Gasteiger partial charge >= 0.3 is 5.97 Å². The Morgan fingerprint density at radius 3 is 1.21 bits per heavy atom. The molecule has 0 saturated carbocycles. The molecule has 1 heterocycles. The van der Waals surface area contributed by atoms with E-state index in [1.54, 1.807) is 60.7 Å². The van der Waals surface area contributed by atoms with E-state index < -0.39 is 11.6 Å². The molecule has 0 spiro atoms. The zero-order chi connectivity index (χ0) is 33.2. The van der Waals surface area contributed by atoms with E-state index in [1.165, 1.54) is 22.3 Å². The summed E-state index contributed by atoms with van der Waals surface area (Å²) in [6.45, 7) is 0. The van der Waals surface area contributed by atoms with Gasteiger partial charge in [0.2, 0.25) is 11.9 Å². The number of hydrogen-bond acceptors (Lipinski definition) is 2. The Labute approximate surface area is 281 Å². The SMILES string of the molecule is O=C(O)C(O)(c1ccccc1)c1ccccc1.c1ccc(C(c2ccccc2)n2cc[n+](C(c3ccccc3)c3ccccc3)c2)cc1. The molecule has 0 aliphatic rings. The van der Waals surface area contributed by atoms with E-state index in [4.69, 9.17) is 0 Å². The normalized spacial score (nSPS) is 11.1. The Kier molecular flexibility index (Phi) is 10.00. The van der Waals surface area contributed by atoms with Gasteiger partial charge in [0.05, 0.1) is 0 Å². The third kappa shape index (κ3) is 7.02. The van der Waals surface area contributed by atoms with Gasteiger partial charge < -0.3 is 10.2 Å². The molecule has 6 aromatic carbocycles. The zero-order valence-corrected chi connectivity index (χ0v) is 26.4. The van der Waals surface area contributed by atoms with E-state index in [-0.39, 0.29) is 12.1 Å². The Balaban J connectivity index is 0.000000200. The number of aromatic nitrogens is 2. The minimum atomic E-state index is -2.00. The molecule has 5 nitrogen and oxygen atoms in total. The molecule has 0 atom stereocenters. The molecule has 0 fully saturated rings. The van der Waals surface area contributed by atoms with Crippen LogP contribution in [0.3, 0.4) is 0 Å². The summed E-state index contributed by atoms with van der Waals surface area (Å²) in [6.07, 6.45) is 6.60. The van der Waals surface area contributed by atoms with Crippen LogP contribution in [0.5, 0.6) is 0 Å². The predicted octanol–water partition coefficient (Wildman–Crippen LogP) is 8.06. The molecule has 0 radical (unpaired) electrons. The highest BCUT2D eigenvalue weighted by atomic mass is 16.4. The lowest BCUT2D eigenvalue weighted by Gasteiger charge is -2.24. The highest BCUT2D eigenvalue weighted by molar-refractivity contribution is 5.83. The van der Waals surface area contributed by atoms with Crippen LogP contribution in [-0.4, -0.2) is 20.7 Å². The first-order valence-electron chi connectivity index (χ1n) is 15.9. The van der Waals surface area contributed by atoms with E-state index in [1.807, 2.05) is 0 Å². The second-order valence-electron chi connectivity index (χ2n) is 11.5. The van der Waals surface area contributed by atoms with Gasteiger partial charge in [0.1, 0.15) is 12.4 Å². The van der Waals surface area contributed by atoms with Crippen molar-refractivity contribution < 1.29 is 19.6 Å². The van der Waals surface area contributed by atoms with Crippen LogP contribution in [-0.2, 0) is 10.4 Å². The number of aliphatic carboxylic acids is 1. The summed E-state index contributed by atoms with van der Waals surface area (Å²) in [4.78, 5) is 11.4. The zero-order valence-electron chi connectivity index (χ0n) is 26.4. The molecule has 0 unspecified atom stereocenters. The second kappa shape index (κ2) is 15.0. The van der Waals surface area contributed by atoms with Crippen LogP contribution in [0.1, 0.15) is 45.5 Å². The number of imidazole rings is 1. The van der Waals surface area contributed by atoms with Crippen LogP contribution in [0.25, 0.3) is 0 Å². The summed E-state index contributed by atoms with van der Waals surface area (Å²) in [5, 5.41) is 19.7. The molecule has 0 amide bonds. The number of carbonyl (C=O) groups is 1. The van der Waals surface area contributed by atoms with Crippen molar-refractivity contribution in [2.24, 2.45) is 0 Å². The third-order valence-corrected chi connectivity index (χ3v) is 8.43. The van der Waals surface area contributed by atoms with E-state index in [0.29, 0.717) is 11.1 Å². The number of hydrogen-bond donors (Lipinski definition) is 2. The van der Waals surface area contributed by atoms with Crippen LogP contribution < -0.4 is 4.57 Å². The molecule has 0 saturated heterocycles. The molecule has 5 heteroatoms. The van der Waals surface area contributed by atoms with Gasteiger partial charge in [0.15, 0.2) is 12.1 Å². The fourth-order valence-corrected chi connectivity index (χ4v) is 6.08. The van der Waals surface area contributed by atoms with Crippen LogP contribution in [0.2, 0.25) is 0 Å². The van der Waals surface area contributed by atoms with Crippen molar-refractivity contribution in [3.63, 3.8) is 0 Å². The van der Waals surface area contributed by atoms with Gasteiger partial charge in [-0.15, -0.1) is 0 Å². The number of rotatable bonds is 9. The minimum Gasteiger partial charge on any atom is -0.479 e. The fourth-order valence-electron chi connectivity index (χ4n) is 6.08. The Hall–Kier alpha value is -6.04. The van der Waals surface area contributed by atoms with Crippen molar-refractivity contribution in [2.75, 3.05) is 0 Å². The molecule has 0 aliphatic carbocycles. The fraction of sp³-hybridized carbons (Fsp3) is 0.0698. The molecule has 1 aromatic heterocycles. The monoisotopic (exact) mass is 629 g/mol. The maximum atomic E-state index is 11.4. The van der Waals surface area contributed by atoms with Gasteiger partial charge in [-0.2, -0.15) is 0 Å². The summed E-state index contributed by atoms with van der Waals surface area (Å²) < 4.78 is 4.62. The van der Waals surface area contributed by atoms with Crippen molar-refractivity contribution in [3.8, 4) is 0 Å². The van der Waals surface area contributed by atoms with Gasteiger partial charge in [-0.25, -0.2) is 13.9 Å². The summed E-state index contributed by atoms with van der Waals surface area (Å²) in [5.74, 6) is -1.28. The van der Waals surface area contributed by atoms with E-state index in [2.05, 4.69) is 149 Å². The second-order valence-corrected chi connectivity index (χ2v) is 11.5. The van der Waals surface area contributed by atoms with Crippen LogP contribution in [0.4, 0.5) is 0 Å². The van der Waals surface area contributed by atoms with Gasteiger partial charge in [0, 0.05) is 22.3 Å². The molecule has 0 bridgehead atoms. The van der Waals surface area contributed by atoms with Crippen LogP contribution in [0.15, 0.2) is 201 Å². The van der Waals surface area contributed by atoms with Crippen molar-refractivity contribution in [1.82, 2.24) is 4.57 Å². The first kappa shape index (κ1) is 31.9. The summed E-state index contributed by atoms with van der Waals surface area (Å²) in [5.41, 5.74) is 3.78. The molecular weight excluding hydrogens is 592 g/mol. The number of carboxylic acid groups (broad SMARTS) is 1. The highest BCUT2D eigenvalue weighted by Crippen LogP contribution is 2.30. The van der Waals surface area contributed by atoms with Crippen LogP contribution in [0, 0.1) is 0 Å². The average molecular weight is 630 g/mol. The van der Waals surface area contributed by atoms with E-state index in [9.17, 15) is 15.0 Å². The smallest absolute Gasteiger partial charge is 0.345 e.